The summed E-state index contributed by atoms with van der Waals surface area (Å²) < 4.78 is 0. The van der Waals surface area contributed by atoms with E-state index in [1.165, 1.54) is 24.3 Å². The molecule has 1 unspecified atom stereocenters. The predicted octanol–water partition coefficient (Wildman–Crippen LogP) is 2.94. The summed E-state index contributed by atoms with van der Waals surface area (Å²) in [6, 6.07) is 7.09. The Labute approximate surface area is 106 Å². The fourth-order valence-corrected chi connectivity index (χ4v) is 3.20. The second-order valence-electron chi connectivity index (χ2n) is 4.31. The van der Waals surface area contributed by atoms with Crippen molar-refractivity contribution >= 4 is 23.4 Å². The third-order valence-electron chi connectivity index (χ3n) is 2.99. The number of carboxylic acid groups (broad SMARTS) is 1. The summed E-state index contributed by atoms with van der Waals surface area (Å²) in [5, 5.41) is 12.3. The molecule has 0 saturated carbocycles. The highest BCUT2D eigenvalue weighted by Crippen LogP contribution is 2.23. The van der Waals surface area contributed by atoms with Gasteiger partial charge >= 0.3 is 5.97 Å². The first-order chi connectivity index (χ1) is 8.27. The Balaban J connectivity index is 1.96. The molecule has 1 saturated heterocycles. The number of anilines is 1. The molecule has 1 atom stereocenters. The maximum atomic E-state index is 11.0. The number of rotatable bonds is 4. The van der Waals surface area contributed by atoms with Gasteiger partial charge in [-0.1, -0.05) is 12.1 Å². The highest BCUT2D eigenvalue weighted by Gasteiger charge is 2.15. The molecule has 92 valence electrons. The number of thioether (sulfide) groups is 1. The minimum Gasteiger partial charge on any atom is -0.478 e. The summed E-state index contributed by atoms with van der Waals surface area (Å²) in [4.78, 5) is 11.0. The fraction of sp³-hybridized carbons (Fsp3) is 0.462. The Bertz CT molecular complexity index is 389. The van der Waals surface area contributed by atoms with Crippen LogP contribution in [0.2, 0.25) is 0 Å². The van der Waals surface area contributed by atoms with Crippen LogP contribution in [0.5, 0.6) is 0 Å². The zero-order valence-corrected chi connectivity index (χ0v) is 10.5. The number of carbonyl (C=O) groups is 1. The van der Waals surface area contributed by atoms with E-state index in [0.29, 0.717) is 11.5 Å². The molecular formula is C13H17NO2S. The maximum Gasteiger partial charge on any atom is 0.337 e. The van der Waals surface area contributed by atoms with Gasteiger partial charge in [0.1, 0.15) is 0 Å². The molecule has 2 rings (SSSR count). The van der Waals surface area contributed by atoms with Crippen molar-refractivity contribution in [2.45, 2.75) is 12.8 Å². The van der Waals surface area contributed by atoms with Crippen molar-refractivity contribution < 1.29 is 9.90 Å². The van der Waals surface area contributed by atoms with Gasteiger partial charge in [-0.3, -0.25) is 0 Å². The van der Waals surface area contributed by atoms with Crippen molar-refractivity contribution in [2.75, 3.05) is 23.4 Å². The van der Waals surface area contributed by atoms with E-state index in [-0.39, 0.29) is 0 Å². The molecule has 0 amide bonds. The number of hydrogen-bond donors (Lipinski definition) is 2. The zero-order valence-electron chi connectivity index (χ0n) is 9.69. The van der Waals surface area contributed by atoms with Gasteiger partial charge in [-0.15, -0.1) is 0 Å². The quantitative estimate of drug-likeness (QED) is 0.864. The minimum absolute atomic E-state index is 0.357. The lowest BCUT2D eigenvalue weighted by Gasteiger charge is -2.22. The summed E-state index contributed by atoms with van der Waals surface area (Å²) >= 11 is 1.99. The number of benzene rings is 1. The van der Waals surface area contributed by atoms with Crippen LogP contribution in [0.4, 0.5) is 5.69 Å². The number of carboxylic acids is 1. The molecule has 0 radical (unpaired) electrons. The lowest BCUT2D eigenvalue weighted by molar-refractivity contribution is 0.0698. The van der Waals surface area contributed by atoms with Crippen molar-refractivity contribution in [1.29, 1.82) is 0 Å². The summed E-state index contributed by atoms with van der Waals surface area (Å²) in [7, 11) is 0. The highest BCUT2D eigenvalue weighted by atomic mass is 32.2. The van der Waals surface area contributed by atoms with Gasteiger partial charge < -0.3 is 10.4 Å². The molecule has 0 spiro atoms. The molecule has 0 aliphatic carbocycles. The molecule has 4 heteroatoms. The van der Waals surface area contributed by atoms with Crippen molar-refractivity contribution in [3.8, 4) is 0 Å². The topological polar surface area (TPSA) is 49.3 Å². The van der Waals surface area contributed by atoms with Crippen LogP contribution in [0.1, 0.15) is 23.2 Å². The first kappa shape index (κ1) is 12.3. The van der Waals surface area contributed by atoms with Gasteiger partial charge in [0, 0.05) is 12.2 Å². The van der Waals surface area contributed by atoms with E-state index in [9.17, 15) is 4.79 Å². The summed E-state index contributed by atoms with van der Waals surface area (Å²) in [5.74, 6) is 2.24. The fourth-order valence-electron chi connectivity index (χ4n) is 2.05. The van der Waals surface area contributed by atoms with Gasteiger partial charge in [0.25, 0.3) is 0 Å². The van der Waals surface area contributed by atoms with E-state index >= 15 is 0 Å². The molecule has 17 heavy (non-hydrogen) atoms. The van der Waals surface area contributed by atoms with E-state index in [1.54, 1.807) is 12.1 Å². The Kier molecular flexibility index (Phi) is 4.31. The van der Waals surface area contributed by atoms with Crippen LogP contribution < -0.4 is 5.32 Å². The number of para-hydroxylation sites is 1. The Morgan fingerprint density at radius 3 is 3.00 bits per heavy atom. The van der Waals surface area contributed by atoms with Crippen molar-refractivity contribution in [3.05, 3.63) is 29.8 Å². The van der Waals surface area contributed by atoms with Crippen LogP contribution in [0.25, 0.3) is 0 Å². The highest BCUT2D eigenvalue weighted by molar-refractivity contribution is 7.99. The number of hydrogen-bond acceptors (Lipinski definition) is 3. The van der Waals surface area contributed by atoms with E-state index in [2.05, 4.69) is 5.32 Å². The molecule has 0 bridgehead atoms. The van der Waals surface area contributed by atoms with E-state index in [4.69, 9.17) is 5.11 Å². The normalized spacial score (nSPS) is 19.9. The number of aromatic carboxylic acids is 1. The Morgan fingerprint density at radius 1 is 1.47 bits per heavy atom. The largest absolute Gasteiger partial charge is 0.478 e. The average Bonchev–Trinajstić information content (AvgIpc) is 2.38. The van der Waals surface area contributed by atoms with E-state index < -0.39 is 5.97 Å². The minimum atomic E-state index is -0.869. The first-order valence-corrected chi connectivity index (χ1v) is 7.07. The third kappa shape index (κ3) is 3.40. The second-order valence-corrected chi connectivity index (χ2v) is 5.46. The molecule has 1 aromatic carbocycles. The number of nitrogens with one attached hydrogen (secondary N) is 1. The van der Waals surface area contributed by atoms with Crippen LogP contribution in [-0.2, 0) is 0 Å². The molecular weight excluding hydrogens is 234 g/mol. The molecule has 1 fully saturated rings. The zero-order chi connectivity index (χ0) is 12.1. The molecule has 1 aliphatic heterocycles. The third-order valence-corrected chi connectivity index (χ3v) is 4.28. The summed E-state index contributed by atoms with van der Waals surface area (Å²) in [6.07, 6.45) is 2.52. The molecule has 1 heterocycles. The molecule has 1 aliphatic rings. The van der Waals surface area contributed by atoms with E-state index in [1.807, 2.05) is 23.9 Å². The van der Waals surface area contributed by atoms with E-state index in [0.717, 1.165) is 12.2 Å². The average molecular weight is 251 g/mol. The van der Waals surface area contributed by atoms with Gasteiger partial charge in [-0.2, -0.15) is 11.8 Å². The molecule has 1 aromatic rings. The van der Waals surface area contributed by atoms with Crippen molar-refractivity contribution in [3.63, 3.8) is 0 Å². The SMILES string of the molecule is O=C(O)c1ccccc1NCC1CCCSC1. The van der Waals surface area contributed by atoms with Crippen LogP contribution >= 0.6 is 11.8 Å². The predicted molar refractivity (Wildman–Crippen MR) is 71.9 cm³/mol. The second kappa shape index (κ2) is 5.96. The van der Waals surface area contributed by atoms with Gasteiger partial charge in [0.2, 0.25) is 0 Å². The summed E-state index contributed by atoms with van der Waals surface area (Å²) in [6.45, 7) is 0.872. The van der Waals surface area contributed by atoms with Crippen LogP contribution in [0.15, 0.2) is 24.3 Å². The van der Waals surface area contributed by atoms with Gasteiger partial charge in [-0.05, 0) is 42.4 Å². The van der Waals surface area contributed by atoms with Gasteiger partial charge in [0.05, 0.1) is 5.56 Å². The molecule has 0 aromatic heterocycles. The Morgan fingerprint density at radius 2 is 2.29 bits per heavy atom. The molecule has 2 N–H and O–H groups in total. The maximum absolute atomic E-state index is 11.0. The Hall–Kier alpha value is -1.16. The molecule has 3 nitrogen and oxygen atoms in total. The monoisotopic (exact) mass is 251 g/mol. The lowest BCUT2D eigenvalue weighted by atomic mass is 10.1. The van der Waals surface area contributed by atoms with Crippen LogP contribution in [0, 0.1) is 5.92 Å². The lowest BCUT2D eigenvalue weighted by Crippen LogP contribution is -2.20. The van der Waals surface area contributed by atoms with Crippen molar-refractivity contribution in [2.24, 2.45) is 5.92 Å². The smallest absolute Gasteiger partial charge is 0.337 e. The van der Waals surface area contributed by atoms with Crippen LogP contribution in [-0.4, -0.2) is 29.1 Å². The van der Waals surface area contributed by atoms with Crippen molar-refractivity contribution in [1.82, 2.24) is 0 Å². The van der Waals surface area contributed by atoms with Gasteiger partial charge in [0.15, 0.2) is 0 Å². The standard InChI is InChI=1S/C13H17NO2S/c15-13(16)11-5-1-2-6-12(11)14-8-10-4-3-7-17-9-10/h1-2,5-6,10,14H,3-4,7-9H2,(H,15,16). The first-order valence-electron chi connectivity index (χ1n) is 5.91. The van der Waals surface area contributed by atoms with Crippen LogP contribution in [0.3, 0.4) is 0 Å². The van der Waals surface area contributed by atoms with Gasteiger partial charge in [-0.25, -0.2) is 4.79 Å². The summed E-state index contributed by atoms with van der Waals surface area (Å²) in [5.41, 5.74) is 1.09.